The van der Waals surface area contributed by atoms with E-state index in [9.17, 15) is 13.2 Å². The van der Waals surface area contributed by atoms with Crippen molar-refractivity contribution in [3.05, 3.63) is 66.1 Å². The zero-order valence-electron chi connectivity index (χ0n) is 15.6. The maximum atomic E-state index is 12.8. The van der Waals surface area contributed by atoms with E-state index < -0.39 is 11.7 Å². The fourth-order valence-corrected chi connectivity index (χ4v) is 4.30. The molecular weight excluding hydrogens is 415 g/mol. The minimum Gasteiger partial charge on any atom is -0.370 e. The highest BCUT2D eigenvalue weighted by atomic mass is 32.1. The second-order valence-corrected chi connectivity index (χ2v) is 7.84. The molecular formula is C20H16F3N5OS. The van der Waals surface area contributed by atoms with E-state index in [4.69, 9.17) is 4.74 Å². The van der Waals surface area contributed by atoms with E-state index in [0.717, 1.165) is 33.5 Å². The molecule has 0 amide bonds. The topological polar surface area (TPSA) is 55.6 Å². The van der Waals surface area contributed by atoms with Gasteiger partial charge < -0.3 is 9.64 Å². The monoisotopic (exact) mass is 431 g/mol. The molecule has 1 unspecified atom stereocenters. The van der Waals surface area contributed by atoms with Gasteiger partial charge in [0.05, 0.1) is 30.6 Å². The summed E-state index contributed by atoms with van der Waals surface area (Å²) in [7, 11) is 0. The maximum absolute atomic E-state index is 12.8. The van der Waals surface area contributed by atoms with Crippen LogP contribution in [-0.4, -0.2) is 39.3 Å². The summed E-state index contributed by atoms with van der Waals surface area (Å²) in [6.07, 6.45) is 0.666. The number of hydrogen-bond donors (Lipinski definition) is 0. The summed E-state index contributed by atoms with van der Waals surface area (Å²) >= 11 is 1.46. The minimum absolute atomic E-state index is 0.316. The third-order valence-electron chi connectivity index (χ3n) is 4.94. The molecule has 1 fully saturated rings. The second-order valence-electron chi connectivity index (χ2n) is 6.90. The van der Waals surface area contributed by atoms with E-state index in [1.807, 2.05) is 18.3 Å². The number of anilines is 1. The van der Waals surface area contributed by atoms with Gasteiger partial charge in [0, 0.05) is 24.5 Å². The highest BCUT2D eigenvalue weighted by Crippen LogP contribution is 2.33. The van der Waals surface area contributed by atoms with Crippen molar-refractivity contribution in [1.82, 2.24) is 19.6 Å². The third-order valence-corrected chi connectivity index (χ3v) is 5.92. The van der Waals surface area contributed by atoms with Crippen molar-refractivity contribution in [1.29, 1.82) is 0 Å². The summed E-state index contributed by atoms with van der Waals surface area (Å²) in [4.78, 5) is 11.6. The molecule has 1 saturated heterocycles. The number of morpholine rings is 1. The van der Waals surface area contributed by atoms with Crippen molar-refractivity contribution in [2.45, 2.75) is 12.3 Å². The number of alkyl halides is 3. The molecule has 1 aliphatic heterocycles. The highest BCUT2D eigenvalue weighted by Gasteiger charge is 2.31. The van der Waals surface area contributed by atoms with Crippen LogP contribution in [0.1, 0.15) is 17.2 Å². The summed E-state index contributed by atoms with van der Waals surface area (Å²) in [6, 6.07) is 8.94. The summed E-state index contributed by atoms with van der Waals surface area (Å²) in [5.74, 6) is 0. The molecule has 1 atom stereocenters. The van der Waals surface area contributed by atoms with E-state index in [0.29, 0.717) is 25.3 Å². The molecule has 4 aromatic rings. The number of hydrogen-bond acceptors (Lipinski definition) is 6. The summed E-state index contributed by atoms with van der Waals surface area (Å²) < 4.78 is 45.9. The Labute approximate surface area is 173 Å². The number of fused-ring (bicyclic) bond motifs is 1. The lowest BCUT2D eigenvalue weighted by molar-refractivity contribution is -0.137. The smallest absolute Gasteiger partial charge is 0.370 e. The van der Waals surface area contributed by atoms with E-state index in [1.165, 1.54) is 23.5 Å². The van der Waals surface area contributed by atoms with Gasteiger partial charge in [-0.05, 0) is 29.8 Å². The van der Waals surface area contributed by atoms with Crippen LogP contribution < -0.4 is 4.90 Å². The van der Waals surface area contributed by atoms with Crippen LogP contribution in [0, 0.1) is 0 Å². The largest absolute Gasteiger partial charge is 0.416 e. The Morgan fingerprint density at radius 1 is 1.13 bits per heavy atom. The van der Waals surface area contributed by atoms with E-state index in [2.05, 4.69) is 20.0 Å². The lowest BCUT2D eigenvalue weighted by Crippen LogP contribution is -2.38. The lowest BCUT2D eigenvalue weighted by atomic mass is 10.1. The number of nitrogens with zero attached hydrogens (tertiary/aromatic N) is 5. The first-order chi connectivity index (χ1) is 14.5. The van der Waals surface area contributed by atoms with Gasteiger partial charge in [0.2, 0.25) is 10.1 Å². The molecule has 0 aliphatic carbocycles. The predicted molar refractivity (Wildman–Crippen MR) is 106 cm³/mol. The molecule has 0 bridgehead atoms. The molecule has 10 heteroatoms. The Bertz CT molecular complexity index is 1130. The van der Waals surface area contributed by atoms with Crippen molar-refractivity contribution in [3.63, 3.8) is 0 Å². The van der Waals surface area contributed by atoms with Gasteiger partial charge >= 0.3 is 6.18 Å². The number of aromatic nitrogens is 4. The van der Waals surface area contributed by atoms with Crippen LogP contribution >= 0.6 is 11.3 Å². The molecule has 0 radical (unpaired) electrons. The maximum Gasteiger partial charge on any atom is 0.416 e. The SMILES string of the molecule is FC(F)(F)c1ccc(C2CN(c3nn4cc(-c5cccnc5)nc4s3)CCO2)cc1. The van der Waals surface area contributed by atoms with Crippen LogP contribution in [0.3, 0.4) is 0 Å². The molecule has 0 N–H and O–H groups in total. The van der Waals surface area contributed by atoms with Gasteiger partial charge in [-0.25, -0.2) is 9.50 Å². The minimum atomic E-state index is -4.34. The first kappa shape index (κ1) is 19.0. The molecule has 154 valence electrons. The lowest BCUT2D eigenvalue weighted by Gasteiger charge is -2.32. The zero-order valence-corrected chi connectivity index (χ0v) is 16.4. The Hall–Kier alpha value is -2.98. The van der Waals surface area contributed by atoms with Crippen LogP contribution in [-0.2, 0) is 10.9 Å². The van der Waals surface area contributed by atoms with Crippen molar-refractivity contribution in [2.24, 2.45) is 0 Å². The van der Waals surface area contributed by atoms with Gasteiger partial charge in [-0.3, -0.25) is 4.98 Å². The highest BCUT2D eigenvalue weighted by molar-refractivity contribution is 7.20. The molecule has 30 heavy (non-hydrogen) atoms. The molecule has 1 aromatic carbocycles. The number of benzene rings is 1. The standard InChI is InChI=1S/C20H16F3N5OS/c21-20(22,23)15-5-3-13(4-6-15)17-12-27(8-9-29-17)19-26-28-11-16(25-18(28)30-19)14-2-1-7-24-10-14/h1-7,10-11,17H,8-9,12H2. The third kappa shape index (κ3) is 3.63. The Morgan fingerprint density at radius 2 is 1.97 bits per heavy atom. The van der Waals surface area contributed by atoms with Gasteiger partial charge in [-0.15, -0.1) is 5.10 Å². The number of ether oxygens (including phenoxy) is 1. The van der Waals surface area contributed by atoms with Crippen LogP contribution in [0.2, 0.25) is 0 Å². The molecule has 6 nitrogen and oxygen atoms in total. The molecule has 5 rings (SSSR count). The van der Waals surface area contributed by atoms with Crippen molar-refractivity contribution in [3.8, 4) is 11.3 Å². The van der Waals surface area contributed by atoms with Crippen LogP contribution in [0.5, 0.6) is 0 Å². The average molecular weight is 431 g/mol. The average Bonchev–Trinajstić information content (AvgIpc) is 3.34. The van der Waals surface area contributed by atoms with Gasteiger partial charge in [0.25, 0.3) is 0 Å². The molecule has 0 saturated carbocycles. The molecule has 0 spiro atoms. The Balaban J connectivity index is 1.34. The molecule has 3 aromatic heterocycles. The van der Waals surface area contributed by atoms with Crippen molar-refractivity contribution < 1.29 is 17.9 Å². The normalized spacial score (nSPS) is 17.6. The van der Waals surface area contributed by atoms with Crippen LogP contribution in [0.25, 0.3) is 16.2 Å². The molecule has 1 aliphatic rings. The fourth-order valence-electron chi connectivity index (χ4n) is 3.38. The first-order valence-electron chi connectivity index (χ1n) is 9.28. The quantitative estimate of drug-likeness (QED) is 0.480. The second kappa shape index (κ2) is 7.37. The van der Waals surface area contributed by atoms with Gasteiger partial charge in [-0.1, -0.05) is 23.5 Å². The van der Waals surface area contributed by atoms with E-state index in [-0.39, 0.29) is 6.10 Å². The van der Waals surface area contributed by atoms with Gasteiger partial charge in [-0.2, -0.15) is 13.2 Å². The van der Waals surface area contributed by atoms with Crippen molar-refractivity contribution >= 4 is 21.4 Å². The van der Waals surface area contributed by atoms with Gasteiger partial charge in [0.1, 0.15) is 6.10 Å². The van der Waals surface area contributed by atoms with Crippen molar-refractivity contribution in [2.75, 3.05) is 24.6 Å². The zero-order chi connectivity index (χ0) is 20.7. The Kier molecular flexibility index (Phi) is 4.67. The van der Waals surface area contributed by atoms with E-state index in [1.54, 1.807) is 16.9 Å². The van der Waals surface area contributed by atoms with Gasteiger partial charge in [0.15, 0.2) is 0 Å². The first-order valence-corrected chi connectivity index (χ1v) is 10.1. The number of rotatable bonds is 3. The van der Waals surface area contributed by atoms with E-state index >= 15 is 0 Å². The summed E-state index contributed by atoms with van der Waals surface area (Å²) in [5.41, 5.74) is 1.78. The summed E-state index contributed by atoms with van der Waals surface area (Å²) in [5, 5.41) is 5.43. The van der Waals surface area contributed by atoms with Crippen LogP contribution in [0.4, 0.5) is 18.3 Å². The number of halogens is 3. The molecule has 4 heterocycles. The summed E-state index contributed by atoms with van der Waals surface area (Å²) in [6.45, 7) is 1.63. The predicted octanol–water partition coefficient (Wildman–Crippen LogP) is 4.45. The van der Waals surface area contributed by atoms with Crippen LogP contribution in [0.15, 0.2) is 55.0 Å². The number of imidazole rings is 1. The number of pyridine rings is 1. The Morgan fingerprint density at radius 3 is 2.67 bits per heavy atom. The fraction of sp³-hybridized carbons (Fsp3) is 0.250.